The van der Waals surface area contributed by atoms with E-state index in [9.17, 15) is 4.79 Å². The Kier molecular flexibility index (Phi) is 6.26. The van der Waals surface area contributed by atoms with Crippen molar-refractivity contribution < 1.29 is 9.53 Å². The maximum atomic E-state index is 12.0. The molecule has 1 amide bonds. The second kappa shape index (κ2) is 9.28. The standard InChI is InChI=1S/C22H22N2O2/c25-22(15-16-26-21-9-5-2-6-10-21)24-20-13-11-19(12-14-20)23-17-18-7-3-1-4-8-18/h1-14,23H,15-17H2,(H,24,25). The highest BCUT2D eigenvalue weighted by molar-refractivity contribution is 5.90. The van der Waals surface area contributed by atoms with Crippen LogP contribution in [0.2, 0.25) is 0 Å². The first kappa shape index (κ1) is 17.5. The molecule has 0 aliphatic heterocycles. The Morgan fingerprint density at radius 2 is 1.38 bits per heavy atom. The van der Waals surface area contributed by atoms with Gasteiger partial charge < -0.3 is 15.4 Å². The van der Waals surface area contributed by atoms with Crippen molar-refractivity contribution in [2.45, 2.75) is 13.0 Å². The van der Waals surface area contributed by atoms with Crippen LogP contribution in [-0.4, -0.2) is 12.5 Å². The molecule has 3 aromatic rings. The Hall–Kier alpha value is -3.27. The van der Waals surface area contributed by atoms with E-state index in [0.29, 0.717) is 13.0 Å². The number of ether oxygens (including phenoxy) is 1. The summed E-state index contributed by atoms with van der Waals surface area (Å²) in [5, 5.41) is 6.24. The van der Waals surface area contributed by atoms with Crippen molar-refractivity contribution >= 4 is 17.3 Å². The van der Waals surface area contributed by atoms with Gasteiger partial charge in [-0.05, 0) is 42.0 Å². The van der Waals surface area contributed by atoms with Crippen LogP contribution in [0.4, 0.5) is 11.4 Å². The van der Waals surface area contributed by atoms with E-state index in [1.54, 1.807) is 0 Å². The number of carbonyl (C=O) groups excluding carboxylic acids is 1. The SMILES string of the molecule is O=C(CCOc1ccccc1)Nc1ccc(NCc2ccccc2)cc1. The highest BCUT2D eigenvalue weighted by atomic mass is 16.5. The summed E-state index contributed by atoms with van der Waals surface area (Å²) in [6.45, 7) is 1.12. The normalized spacial score (nSPS) is 10.2. The Morgan fingerprint density at radius 3 is 2.08 bits per heavy atom. The first-order valence-electron chi connectivity index (χ1n) is 8.65. The van der Waals surface area contributed by atoms with E-state index >= 15 is 0 Å². The lowest BCUT2D eigenvalue weighted by Gasteiger charge is -2.09. The fourth-order valence-electron chi connectivity index (χ4n) is 2.47. The smallest absolute Gasteiger partial charge is 0.227 e. The fourth-order valence-corrected chi connectivity index (χ4v) is 2.47. The van der Waals surface area contributed by atoms with Crippen LogP contribution in [0.1, 0.15) is 12.0 Å². The van der Waals surface area contributed by atoms with Gasteiger partial charge in [-0.1, -0.05) is 48.5 Å². The molecule has 0 heterocycles. The molecule has 3 aromatic carbocycles. The maximum absolute atomic E-state index is 12.0. The summed E-state index contributed by atoms with van der Waals surface area (Å²) in [6, 6.07) is 27.4. The monoisotopic (exact) mass is 346 g/mol. The molecule has 0 fully saturated rings. The topological polar surface area (TPSA) is 50.4 Å². The zero-order chi connectivity index (χ0) is 18.0. The molecule has 26 heavy (non-hydrogen) atoms. The van der Waals surface area contributed by atoms with Gasteiger partial charge in [0.25, 0.3) is 0 Å². The van der Waals surface area contributed by atoms with Crippen molar-refractivity contribution in [3.8, 4) is 5.75 Å². The summed E-state index contributed by atoms with van der Waals surface area (Å²) in [7, 11) is 0. The summed E-state index contributed by atoms with van der Waals surface area (Å²) < 4.78 is 5.54. The molecule has 4 heteroatoms. The Morgan fingerprint density at radius 1 is 0.769 bits per heavy atom. The Balaban J connectivity index is 1.41. The van der Waals surface area contributed by atoms with Crippen LogP contribution in [0.25, 0.3) is 0 Å². The third kappa shape index (κ3) is 5.67. The molecule has 0 aliphatic rings. The predicted octanol–water partition coefficient (Wildman–Crippen LogP) is 4.71. The minimum absolute atomic E-state index is 0.0640. The van der Waals surface area contributed by atoms with Gasteiger partial charge in [-0.15, -0.1) is 0 Å². The molecule has 2 N–H and O–H groups in total. The second-order valence-electron chi connectivity index (χ2n) is 5.88. The van der Waals surface area contributed by atoms with Crippen molar-refractivity contribution in [3.63, 3.8) is 0 Å². The fraction of sp³-hybridized carbons (Fsp3) is 0.136. The molecule has 0 aromatic heterocycles. The third-order valence-corrected chi connectivity index (χ3v) is 3.85. The average Bonchev–Trinajstić information content (AvgIpc) is 2.69. The van der Waals surface area contributed by atoms with E-state index in [1.807, 2.05) is 72.8 Å². The third-order valence-electron chi connectivity index (χ3n) is 3.85. The number of hydrogen-bond donors (Lipinski definition) is 2. The predicted molar refractivity (Wildman–Crippen MR) is 105 cm³/mol. The molecule has 0 spiro atoms. The molecule has 132 valence electrons. The molecule has 0 saturated heterocycles. The zero-order valence-corrected chi connectivity index (χ0v) is 14.5. The molecule has 3 rings (SSSR count). The molecule has 0 bridgehead atoms. The van der Waals surface area contributed by atoms with Gasteiger partial charge >= 0.3 is 0 Å². The molecule has 0 atom stereocenters. The van der Waals surface area contributed by atoms with E-state index < -0.39 is 0 Å². The Labute approximate surface area is 153 Å². The molecule has 0 aliphatic carbocycles. The lowest BCUT2D eigenvalue weighted by Crippen LogP contribution is -2.15. The van der Waals surface area contributed by atoms with Crippen LogP contribution in [0.5, 0.6) is 5.75 Å². The molecule has 4 nitrogen and oxygen atoms in total. The van der Waals surface area contributed by atoms with Gasteiger partial charge in [0.15, 0.2) is 0 Å². The maximum Gasteiger partial charge on any atom is 0.227 e. The van der Waals surface area contributed by atoms with Crippen LogP contribution in [0.15, 0.2) is 84.9 Å². The number of carbonyl (C=O) groups is 1. The van der Waals surface area contributed by atoms with Gasteiger partial charge in [-0.2, -0.15) is 0 Å². The van der Waals surface area contributed by atoms with Gasteiger partial charge in [-0.3, -0.25) is 4.79 Å². The van der Waals surface area contributed by atoms with Crippen molar-refractivity contribution in [2.24, 2.45) is 0 Å². The summed E-state index contributed by atoms with van der Waals surface area (Å²) in [5.41, 5.74) is 3.02. The highest BCUT2D eigenvalue weighted by Crippen LogP contribution is 2.15. The van der Waals surface area contributed by atoms with Crippen LogP contribution < -0.4 is 15.4 Å². The highest BCUT2D eigenvalue weighted by Gasteiger charge is 2.03. The second-order valence-corrected chi connectivity index (χ2v) is 5.88. The van der Waals surface area contributed by atoms with Gasteiger partial charge in [-0.25, -0.2) is 0 Å². The lowest BCUT2D eigenvalue weighted by molar-refractivity contribution is -0.116. The first-order chi connectivity index (χ1) is 12.8. The molecular weight excluding hydrogens is 324 g/mol. The van der Waals surface area contributed by atoms with E-state index in [4.69, 9.17) is 4.74 Å². The number of amides is 1. The summed E-state index contributed by atoms with van der Waals surface area (Å²) in [4.78, 5) is 12.0. The lowest BCUT2D eigenvalue weighted by atomic mass is 10.2. The van der Waals surface area contributed by atoms with E-state index in [2.05, 4.69) is 22.8 Å². The number of benzene rings is 3. The minimum atomic E-state index is -0.0640. The van der Waals surface area contributed by atoms with Gasteiger partial charge in [0.1, 0.15) is 5.75 Å². The number of para-hydroxylation sites is 1. The van der Waals surface area contributed by atoms with Gasteiger partial charge in [0.05, 0.1) is 13.0 Å². The number of anilines is 2. The van der Waals surface area contributed by atoms with Crippen LogP contribution >= 0.6 is 0 Å². The Bertz CT molecular complexity index is 803. The number of hydrogen-bond acceptors (Lipinski definition) is 3. The van der Waals surface area contributed by atoms with Gasteiger partial charge in [0.2, 0.25) is 5.91 Å². The van der Waals surface area contributed by atoms with E-state index in [0.717, 1.165) is 23.7 Å². The summed E-state index contributed by atoms with van der Waals surface area (Å²) in [5.74, 6) is 0.708. The average molecular weight is 346 g/mol. The van der Waals surface area contributed by atoms with Crippen molar-refractivity contribution in [3.05, 3.63) is 90.5 Å². The molecule has 0 saturated carbocycles. The number of rotatable bonds is 8. The molecule has 0 unspecified atom stereocenters. The van der Waals surface area contributed by atoms with E-state index in [1.165, 1.54) is 5.56 Å². The van der Waals surface area contributed by atoms with E-state index in [-0.39, 0.29) is 5.91 Å². The van der Waals surface area contributed by atoms with Crippen LogP contribution in [0.3, 0.4) is 0 Å². The largest absolute Gasteiger partial charge is 0.493 e. The molecule has 0 radical (unpaired) electrons. The van der Waals surface area contributed by atoms with Crippen molar-refractivity contribution in [1.82, 2.24) is 0 Å². The van der Waals surface area contributed by atoms with Crippen LogP contribution in [0, 0.1) is 0 Å². The summed E-state index contributed by atoms with van der Waals surface area (Å²) in [6.07, 6.45) is 0.308. The first-order valence-corrected chi connectivity index (χ1v) is 8.65. The van der Waals surface area contributed by atoms with Crippen molar-refractivity contribution in [1.29, 1.82) is 0 Å². The minimum Gasteiger partial charge on any atom is -0.493 e. The quantitative estimate of drug-likeness (QED) is 0.621. The summed E-state index contributed by atoms with van der Waals surface area (Å²) >= 11 is 0. The zero-order valence-electron chi connectivity index (χ0n) is 14.5. The molecular formula is C22H22N2O2. The van der Waals surface area contributed by atoms with Crippen LogP contribution in [-0.2, 0) is 11.3 Å². The van der Waals surface area contributed by atoms with Gasteiger partial charge in [0, 0.05) is 17.9 Å². The van der Waals surface area contributed by atoms with Crippen molar-refractivity contribution in [2.75, 3.05) is 17.2 Å². The number of nitrogens with one attached hydrogen (secondary N) is 2.